The quantitative estimate of drug-likeness (QED) is 0.648. The Balaban J connectivity index is 2.01. The summed E-state index contributed by atoms with van der Waals surface area (Å²) in [5.74, 6) is 0. The summed E-state index contributed by atoms with van der Waals surface area (Å²) in [6.45, 7) is 2.17. The molecule has 0 unspecified atom stereocenters. The van der Waals surface area contributed by atoms with Crippen molar-refractivity contribution in [2.24, 2.45) is 0 Å². The van der Waals surface area contributed by atoms with Gasteiger partial charge in [0.2, 0.25) is 0 Å². The second kappa shape index (κ2) is 4.01. The molecule has 80 valence electrons. The Hall–Kier alpha value is -1.76. The van der Waals surface area contributed by atoms with Crippen LogP contribution in [0.4, 0.5) is 5.69 Å². The third kappa shape index (κ3) is 1.69. The lowest BCUT2D eigenvalue weighted by Crippen LogP contribution is -2.26. The summed E-state index contributed by atoms with van der Waals surface area (Å²) in [6.07, 6.45) is 5.67. The first-order valence-electron chi connectivity index (χ1n) is 5.82. The van der Waals surface area contributed by atoms with E-state index in [0.29, 0.717) is 0 Å². The maximum absolute atomic E-state index is 2.42. The maximum atomic E-state index is 2.42. The summed E-state index contributed by atoms with van der Waals surface area (Å²) in [5, 5.41) is 2.65. The monoisotopic (exact) mass is 209 g/mol. The SMILES string of the molecule is C1=CCN(c2ccc3ccccc3c2)CC1. The molecule has 2 aromatic carbocycles. The summed E-state index contributed by atoms with van der Waals surface area (Å²) in [4.78, 5) is 2.42. The van der Waals surface area contributed by atoms with E-state index in [-0.39, 0.29) is 0 Å². The molecule has 0 aromatic heterocycles. The Labute approximate surface area is 96.0 Å². The zero-order chi connectivity index (χ0) is 10.8. The van der Waals surface area contributed by atoms with Crippen molar-refractivity contribution in [3.05, 3.63) is 54.6 Å². The Kier molecular flexibility index (Phi) is 2.37. The van der Waals surface area contributed by atoms with Gasteiger partial charge in [-0.15, -0.1) is 0 Å². The molecular formula is C15H15N. The van der Waals surface area contributed by atoms with Crippen molar-refractivity contribution in [3.63, 3.8) is 0 Å². The van der Waals surface area contributed by atoms with Crippen LogP contribution in [0.2, 0.25) is 0 Å². The third-order valence-electron chi connectivity index (χ3n) is 3.16. The molecule has 16 heavy (non-hydrogen) atoms. The van der Waals surface area contributed by atoms with E-state index in [1.54, 1.807) is 0 Å². The van der Waals surface area contributed by atoms with Crippen LogP contribution >= 0.6 is 0 Å². The maximum Gasteiger partial charge on any atom is 0.0375 e. The van der Waals surface area contributed by atoms with Gasteiger partial charge in [0.15, 0.2) is 0 Å². The molecule has 0 saturated carbocycles. The lowest BCUT2D eigenvalue weighted by atomic mass is 10.1. The molecule has 1 aliphatic rings. The van der Waals surface area contributed by atoms with Gasteiger partial charge in [0.1, 0.15) is 0 Å². The molecule has 1 heterocycles. The molecule has 0 aliphatic carbocycles. The van der Waals surface area contributed by atoms with Crippen molar-refractivity contribution >= 4 is 16.5 Å². The van der Waals surface area contributed by atoms with Crippen LogP contribution in [0.1, 0.15) is 6.42 Å². The van der Waals surface area contributed by atoms with Gasteiger partial charge in [-0.2, -0.15) is 0 Å². The fraction of sp³-hybridized carbons (Fsp3) is 0.200. The zero-order valence-electron chi connectivity index (χ0n) is 9.26. The second-order valence-corrected chi connectivity index (χ2v) is 4.24. The first-order valence-corrected chi connectivity index (χ1v) is 5.82. The summed E-state index contributed by atoms with van der Waals surface area (Å²) in [6, 6.07) is 15.3. The molecule has 0 spiro atoms. The Bertz CT molecular complexity index is 528. The van der Waals surface area contributed by atoms with Gasteiger partial charge < -0.3 is 4.90 Å². The zero-order valence-corrected chi connectivity index (χ0v) is 9.26. The molecule has 3 rings (SSSR count). The van der Waals surface area contributed by atoms with Crippen LogP contribution in [0.5, 0.6) is 0 Å². The molecule has 2 aromatic rings. The highest BCUT2D eigenvalue weighted by molar-refractivity contribution is 5.85. The van der Waals surface area contributed by atoms with Crippen molar-refractivity contribution < 1.29 is 0 Å². The molecule has 0 fully saturated rings. The average Bonchev–Trinajstić information content (AvgIpc) is 2.39. The van der Waals surface area contributed by atoms with Crippen LogP contribution in [0, 0.1) is 0 Å². The molecule has 1 nitrogen and oxygen atoms in total. The van der Waals surface area contributed by atoms with E-state index in [9.17, 15) is 0 Å². The predicted octanol–water partition coefficient (Wildman–Crippen LogP) is 3.61. The first kappa shape index (κ1) is 9.46. The normalized spacial score (nSPS) is 15.6. The molecule has 0 amide bonds. The van der Waals surface area contributed by atoms with Crippen LogP contribution in [-0.4, -0.2) is 13.1 Å². The lowest BCUT2D eigenvalue weighted by Gasteiger charge is -2.25. The molecule has 0 radical (unpaired) electrons. The Morgan fingerprint density at radius 2 is 1.75 bits per heavy atom. The van der Waals surface area contributed by atoms with E-state index in [1.807, 2.05) is 0 Å². The van der Waals surface area contributed by atoms with E-state index in [2.05, 4.69) is 59.5 Å². The van der Waals surface area contributed by atoms with Gasteiger partial charge >= 0.3 is 0 Å². The number of hydrogen-bond donors (Lipinski definition) is 0. The van der Waals surface area contributed by atoms with Gasteiger partial charge in [-0.3, -0.25) is 0 Å². The molecular weight excluding hydrogens is 194 g/mol. The average molecular weight is 209 g/mol. The van der Waals surface area contributed by atoms with Crippen LogP contribution in [-0.2, 0) is 0 Å². The third-order valence-corrected chi connectivity index (χ3v) is 3.16. The van der Waals surface area contributed by atoms with E-state index < -0.39 is 0 Å². The minimum absolute atomic E-state index is 1.04. The van der Waals surface area contributed by atoms with E-state index in [1.165, 1.54) is 16.5 Å². The van der Waals surface area contributed by atoms with Crippen LogP contribution in [0.3, 0.4) is 0 Å². The summed E-state index contributed by atoms with van der Waals surface area (Å²) >= 11 is 0. The van der Waals surface area contributed by atoms with Crippen molar-refractivity contribution in [2.75, 3.05) is 18.0 Å². The van der Waals surface area contributed by atoms with Gasteiger partial charge in [0, 0.05) is 18.8 Å². The number of hydrogen-bond acceptors (Lipinski definition) is 1. The number of anilines is 1. The largest absolute Gasteiger partial charge is 0.367 e. The highest BCUT2D eigenvalue weighted by atomic mass is 15.1. The standard InChI is InChI=1S/C15H15N/c1-4-10-16(11-5-1)15-9-8-13-6-2-3-7-14(13)12-15/h1-4,6-9,12H,5,10-11H2. The van der Waals surface area contributed by atoms with Gasteiger partial charge in [-0.05, 0) is 29.3 Å². The van der Waals surface area contributed by atoms with Crippen LogP contribution in [0.25, 0.3) is 10.8 Å². The van der Waals surface area contributed by atoms with Crippen LogP contribution < -0.4 is 4.90 Å². The van der Waals surface area contributed by atoms with Crippen molar-refractivity contribution in [2.45, 2.75) is 6.42 Å². The number of fused-ring (bicyclic) bond motifs is 1. The van der Waals surface area contributed by atoms with Crippen molar-refractivity contribution in [3.8, 4) is 0 Å². The molecule has 0 saturated heterocycles. The number of rotatable bonds is 1. The fourth-order valence-electron chi connectivity index (χ4n) is 2.25. The minimum atomic E-state index is 1.04. The number of nitrogens with zero attached hydrogens (tertiary/aromatic N) is 1. The first-order chi connectivity index (χ1) is 7.93. The predicted molar refractivity (Wildman–Crippen MR) is 69.9 cm³/mol. The van der Waals surface area contributed by atoms with Crippen molar-refractivity contribution in [1.29, 1.82) is 0 Å². The molecule has 0 atom stereocenters. The highest BCUT2D eigenvalue weighted by Gasteiger charge is 2.07. The second-order valence-electron chi connectivity index (χ2n) is 4.24. The van der Waals surface area contributed by atoms with E-state index >= 15 is 0 Å². The van der Waals surface area contributed by atoms with Gasteiger partial charge in [0.25, 0.3) is 0 Å². The Morgan fingerprint density at radius 3 is 2.56 bits per heavy atom. The fourth-order valence-corrected chi connectivity index (χ4v) is 2.25. The summed E-state index contributed by atoms with van der Waals surface area (Å²) in [7, 11) is 0. The van der Waals surface area contributed by atoms with Crippen LogP contribution in [0.15, 0.2) is 54.6 Å². The van der Waals surface area contributed by atoms with Gasteiger partial charge in [0.05, 0.1) is 0 Å². The van der Waals surface area contributed by atoms with Gasteiger partial charge in [-0.1, -0.05) is 42.5 Å². The molecule has 0 bridgehead atoms. The number of benzene rings is 2. The Morgan fingerprint density at radius 1 is 0.875 bits per heavy atom. The lowest BCUT2D eigenvalue weighted by molar-refractivity contribution is 0.822. The minimum Gasteiger partial charge on any atom is -0.367 e. The molecule has 1 aliphatic heterocycles. The van der Waals surface area contributed by atoms with Crippen molar-refractivity contribution in [1.82, 2.24) is 0 Å². The summed E-state index contributed by atoms with van der Waals surface area (Å²) < 4.78 is 0. The smallest absolute Gasteiger partial charge is 0.0375 e. The summed E-state index contributed by atoms with van der Waals surface area (Å²) in [5.41, 5.74) is 1.34. The van der Waals surface area contributed by atoms with E-state index in [0.717, 1.165) is 19.5 Å². The topological polar surface area (TPSA) is 3.24 Å². The molecule has 1 heteroatoms. The molecule has 0 N–H and O–H groups in total. The highest BCUT2D eigenvalue weighted by Crippen LogP contribution is 2.23. The van der Waals surface area contributed by atoms with Gasteiger partial charge in [-0.25, -0.2) is 0 Å². The van der Waals surface area contributed by atoms with E-state index in [4.69, 9.17) is 0 Å².